The number of rotatable bonds is 6. The lowest BCUT2D eigenvalue weighted by Gasteiger charge is -1.89. The van der Waals surface area contributed by atoms with Crippen molar-refractivity contribution in [1.82, 2.24) is 10.6 Å². The Balaban J connectivity index is -0.000000219. The molecule has 0 aromatic carbocycles. The zero-order chi connectivity index (χ0) is 15.5. The maximum absolute atomic E-state index is 9.79. The molecule has 104 valence electrons. The van der Waals surface area contributed by atoms with E-state index >= 15 is 0 Å². The molecule has 2 amide bonds. The number of carbonyl (C=O) groups excluding carboxylic acids is 2. The molecule has 0 unspecified atom stereocenters. The zero-order valence-electron chi connectivity index (χ0n) is 9.70. The van der Waals surface area contributed by atoms with E-state index in [1.165, 1.54) is 12.4 Å². The molecule has 4 N–H and O–H groups in total. The quantitative estimate of drug-likeness (QED) is 0.263. The second kappa shape index (κ2) is 20.3. The minimum absolute atomic E-state index is 0.0632. The van der Waals surface area contributed by atoms with E-state index in [0.29, 0.717) is 12.8 Å². The first-order valence-corrected chi connectivity index (χ1v) is 4.56. The molecular formula is C9H12N4O6. The smallest absolute Gasteiger partial charge is 0.303 e. The molecule has 0 aromatic heterocycles. The van der Waals surface area contributed by atoms with Crippen LogP contribution in [-0.4, -0.2) is 35.0 Å². The number of aliphatic carboxylic acids is 2. The van der Waals surface area contributed by atoms with E-state index in [9.17, 15) is 9.59 Å². The Morgan fingerprint density at radius 2 is 1.26 bits per heavy atom. The lowest BCUT2D eigenvalue weighted by Crippen LogP contribution is -1.98. The molecule has 0 aliphatic carbocycles. The van der Waals surface area contributed by atoms with Gasteiger partial charge in [-0.15, -0.1) is 0 Å². The average molecular weight is 272 g/mol. The fourth-order valence-electron chi connectivity index (χ4n) is 0.444. The Morgan fingerprint density at radius 1 is 0.947 bits per heavy atom. The van der Waals surface area contributed by atoms with E-state index in [2.05, 4.69) is 0 Å². The van der Waals surface area contributed by atoms with Gasteiger partial charge in [-0.25, -0.2) is 0 Å². The summed E-state index contributed by atoms with van der Waals surface area (Å²) < 4.78 is 0. The van der Waals surface area contributed by atoms with Gasteiger partial charge in [0.05, 0.1) is 0 Å². The summed E-state index contributed by atoms with van der Waals surface area (Å²) in [4.78, 5) is 37.7. The van der Waals surface area contributed by atoms with Gasteiger partial charge in [0.15, 0.2) is 12.4 Å². The molecule has 10 heteroatoms. The molecule has 0 radical (unpaired) electrons. The number of hydrogen-bond donors (Lipinski definition) is 4. The molecule has 0 fully saturated rings. The Labute approximate surface area is 108 Å². The van der Waals surface area contributed by atoms with Crippen LogP contribution in [0.1, 0.15) is 19.3 Å². The van der Waals surface area contributed by atoms with Gasteiger partial charge in [0.2, 0.25) is 12.8 Å². The van der Waals surface area contributed by atoms with Crippen molar-refractivity contribution in [1.29, 1.82) is 10.5 Å². The van der Waals surface area contributed by atoms with Crippen LogP contribution in [0.5, 0.6) is 0 Å². The van der Waals surface area contributed by atoms with E-state index in [1.807, 2.05) is 0 Å². The predicted molar refractivity (Wildman–Crippen MR) is 58.7 cm³/mol. The number of carboxylic acids is 2. The van der Waals surface area contributed by atoms with Crippen LogP contribution in [0.4, 0.5) is 0 Å². The van der Waals surface area contributed by atoms with Gasteiger partial charge in [0, 0.05) is 12.8 Å². The van der Waals surface area contributed by atoms with Gasteiger partial charge in [-0.2, -0.15) is 10.5 Å². The first-order chi connectivity index (χ1) is 8.95. The Kier molecular flexibility index (Phi) is 22.6. The van der Waals surface area contributed by atoms with Gasteiger partial charge in [-0.1, -0.05) is 0 Å². The number of nitrogens with zero attached hydrogens (tertiary/aromatic N) is 2. The highest BCUT2D eigenvalue weighted by Crippen LogP contribution is 1.93. The van der Waals surface area contributed by atoms with Crippen molar-refractivity contribution in [2.45, 2.75) is 19.3 Å². The first kappa shape index (κ1) is 21.2. The van der Waals surface area contributed by atoms with Crippen molar-refractivity contribution >= 4 is 24.8 Å². The van der Waals surface area contributed by atoms with Crippen LogP contribution in [0.25, 0.3) is 0 Å². The van der Waals surface area contributed by atoms with Crippen LogP contribution in [-0.2, 0) is 19.2 Å². The van der Waals surface area contributed by atoms with E-state index in [4.69, 9.17) is 30.3 Å². The molecule has 0 rings (SSSR count). The Morgan fingerprint density at radius 3 is 1.37 bits per heavy atom. The molecular weight excluding hydrogens is 260 g/mol. The fourth-order valence-corrected chi connectivity index (χ4v) is 0.444. The molecule has 0 heterocycles. The molecule has 0 bridgehead atoms. The topological polar surface area (TPSA) is 180 Å². The highest BCUT2D eigenvalue weighted by atomic mass is 16.4. The number of carbonyl (C=O) groups is 4. The van der Waals surface area contributed by atoms with Gasteiger partial charge in [-0.05, 0) is 6.42 Å². The summed E-state index contributed by atoms with van der Waals surface area (Å²) in [5.41, 5.74) is 0. The maximum Gasteiger partial charge on any atom is 0.303 e. The second-order valence-electron chi connectivity index (χ2n) is 2.39. The van der Waals surface area contributed by atoms with Crippen molar-refractivity contribution in [2.75, 3.05) is 0 Å². The van der Waals surface area contributed by atoms with Crippen LogP contribution in [0, 0.1) is 22.9 Å². The third kappa shape index (κ3) is 52.2. The first-order valence-electron chi connectivity index (χ1n) is 4.56. The van der Waals surface area contributed by atoms with Crippen LogP contribution in [0.3, 0.4) is 0 Å². The Bertz CT molecular complexity index is 323. The van der Waals surface area contributed by atoms with Gasteiger partial charge >= 0.3 is 11.9 Å². The predicted octanol–water partition coefficient (Wildman–Crippen LogP) is -1.25. The summed E-state index contributed by atoms with van der Waals surface area (Å²) in [6.07, 6.45) is 3.52. The number of hydrogen-bond acceptors (Lipinski definition) is 6. The van der Waals surface area contributed by atoms with Gasteiger partial charge in [0.25, 0.3) is 0 Å². The van der Waals surface area contributed by atoms with Gasteiger partial charge in [-0.3, -0.25) is 29.8 Å². The highest BCUT2D eigenvalue weighted by Gasteiger charge is 1.99. The van der Waals surface area contributed by atoms with Crippen LogP contribution < -0.4 is 10.6 Å². The molecule has 19 heavy (non-hydrogen) atoms. The third-order valence-electron chi connectivity index (χ3n) is 1.03. The maximum atomic E-state index is 9.79. The third-order valence-corrected chi connectivity index (χ3v) is 1.03. The Hall–Kier alpha value is -3.14. The number of amides is 2. The van der Waals surface area contributed by atoms with E-state index in [1.54, 1.807) is 10.6 Å². The normalized spacial score (nSPS) is 6.63. The summed E-state index contributed by atoms with van der Waals surface area (Å²) in [7, 11) is 0. The highest BCUT2D eigenvalue weighted by molar-refractivity contribution is 5.69. The van der Waals surface area contributed by atoms with Crippen molar-refractivity contribution in [3.63, 3.8) is 0 Å². The standard InChI is InChI=1S/C5H8O4.2C2H2N2O/c6-4(7)2-1-3-5(8)9;2*3-1-4-2-5/h1-3H2,(H,6,7)(H,8,9);2*2H,(H,4,5). The monoisotopic (exact) mass is 272 g/mol. The number of carboxylic acid groups (broad SMARTS) is 2. The van der Waals surface area contributed by atoms with Crippen molar-refractivity contribution in [3.8, 4) is 12.4 Å². The van der Waals surface area contributed by atoms with Crippen molar-refractivity contribution in [3.05, 3.63) is 0 Å². The fraction of sp³-hybridized carbons (Fsp3) is 0.333. The van der Waals surface area contributed by atoms with Crippen molar-refractivity contribution in [2.24, 2.45) is 0 Å². The van der Waals surface area contributed by atoms with Crippen molar-refractivity contribution < 1.29 is 29.4 Å². The summed E-state index contributed by atoms with van der Waals surface area (Å²) in [5.74, 6) is -1.90. The van der Waals surface area contributed by atoms with E-state index in [-0.39, 0.29) is 19.3 Å². The van der Waals surface area contributed by atoms with Crippen LogP contribution >= 0.6 is 0 Å². The second-order valence-corrected chi connectivity index (χ2v) is 2.39. The minimum atomic E-state index is -0.948. The molecule has 0 aliphatic rings. The lowest BCUT2D eigenvalue weighted by atomic mass is 10.2. The molecule has 0 atom stereocenters. The molecule has 0 saturated carbocycles. The van der Waals surface area contributed by atoms with Crippen LogP contribution in [0.15, 0.2) is 0 Å². The minimum Gasteiger partial charge on any atom is -0.481 e. The van der Waals surface area contributed by atoms with Crippen LogP contribution in [0.2, 0.25) is 0 Å². The molecule has 0 aliphatic heterocycles. The molecule has 0 saturated heterocycles. The SMILES string of the molecule is N#CNC=O.N#CNC=O.O=C(O)CCCC(=O)O. The number of nitrogens with one attached hydrogen (secondary N) is 2. The molecule has 10 nitrogen and oxygen atoms in total. The largest absolute Gasteiger partial charge is 0.481 e. The zero-order valence-corrected chi connectivity index (χ0v) is 9.70. The van der Waals surface area contributed by atoms with E-state index in [0.717, 1.165) is 0 Å². The average Bonchev–Trinajstić information content (AvgIpc) is 2.31. The summed E-state index contributed by atoms with van der Waals surface area (Å²) in [6.45, 7) is 0. The van der Waals surface area contributed by atoms with E-state index < -0.39 is 11.9 Å². The lowest BCUT2D eigenvalue weighted by molar-refractivity contribution is -0.138. The molecule has 0 spiro atoms. The van der Waals surface area contributed by atoms with Gasteiger partial charge < -0.3 is 10.2 Å². The molecule has 0 aromatic rings. The summed E-state index contributed by atoms with van der Waals surface area (Å²) in [6, 6.07) is 0. The number of nitriles is 2. The van der Waals surface area contributed by atoms with Gasteiger partial charge in [0.1, 0.15) is 0 Å². The summed E-state index contributed by atoms with van der Waals surface area (Å²) in [5, 5.41) is 34.5. The summed E-state index contributed by atoms with van der Waals surface area (Å²) >= 11 is 0.